The number of benzene rings is 3. The van der Waals surface area contributed by atoms with E-state index in [-0.39, 0.29) is 28.0 Å². The number of hydrogen-bond acceptors (Lipinski definition) is 5. The van der Waals surface area contributed by atoms with E-state index < -0.39 is 21.8 Å². The predicted octanol–water partition coefficient (Wildman–Crippen LogP) is 4.87. The van der Waals surface area contributed by atoms with Gasteiger partial charge >= 0.3 is 5.97 Å². The van der Waals surface area contributed by atoms with Gasteiger partial charge in [-0.2, -0.15) is 5.26 Å². The molecule has 1 aromatic heterocycles. The molecule has 0 atom stereocenters. The van der Waals surface area contributed by atoms with Gasteiger partial charge in [0.2, 0.25) is 10.0 Å². The maximum Gasteiger partial charge on any atom is 0.340 e. The summed E-state index contributed by atoms with van der Waals surface area (Å²) in [5.74, 6) is -1.72. The third-order valence-electron chi connectivity index (χ3n) is 5.27. The van der Waals surface area contributed by atoms with Crippen LogP contribution in [0.5, 0.6) is 0 Å². The van der Waals surface area contributed by atoms with Gasteiger partial charge in [0.05, 0.1) is 23.6 Å². The van der Waals surface area contributed by atoms with E-state index in [1.165, 1.54) is 43.4 Å². The van der Waals surface area contributed by atoms with Crippen LogP contribution < -0.4 is 4.31 Å². The van der Waals surface area contributed by atoms with Crippen LogP contribution in [-0.2, 0) is 10.0 Å². The lowest BCUT2D eigenvalue weighted by molar-refractivity contribution is 0.0699. The van der Waals surface area contributed by atoms with Gasteiger partial charge in [-0.05, 0) is 48.0 Å². The number of furan rings is 1. The summed E-state index contributed by atoms with van der Waals surface area (Å²) >= 11 is 0. The first kappa shape index (κ1) is 22.0. The number of hydrogen-bond donors (Lipinski definition) is 1. The highest BCUT2D eigenvalue weighted by atomic mass is 32.2. The zero-order valence-corrected chi connectivity index (χ0v) is 18.4. The molecule has 0 aliphatic carbocycles. The number of carboxylic acids is 1. The maximum atomic E-state index is 13.4. The number of carbonyl (C=O) groups is 1. The largest absolute Gasteiger partial charge is 0.478 e. The molecule has 3 aromatic carbocycles. The summed E-state index contributed by atoms with van der Waals surface area (Å²) in [5, 5.41) is 19.5. The molecule has 0 aliphatic rings. The van der Waals surface area contributed by atoms with Crippen LogP contribution in [0.4, 0.5) is 10.1 Å². The van der Waals surface area contributed by atoms with E-state index >= 15 is 0 Å². The van der Waals surface area contributed by atoms with Gasteiger partial charge in [-0.1, -0.05) is 12.1 Å². The molecule has 7 nitrogen and oxygen atoms in total. The van der Waals surface area contributed by atoms with E-state index in [0.29, 0.717) is 22.3 Å². The average molecular weight is 464 g/mol. The summed E-state index contributed by atoms with van der Waals surface area (Å²) in [5.41, 5.74) is 1.91. The Labute approximate surface area is 189 Å². The first-order valence-corrected chi connectivity index (χ1v) is 11.5. The summed E-state index contributed by atoms with van der Waals surface area (Å²) in [4.78, 5) is 12.2. The Balaban J connectivity index is 2.08. The Bertz CT molecular complexity index is 1550. The van der Waals surface area contributed by atoms with Gasteiger partial charge < -0.3 is 9.52 Å². The smallest absolute Gasteiger partial charge is 0.340 e. The van der Waals surface area contributed by atoms with E-state index in [1.807, 2.05) is 6.07 Å². The zero-order valence-electron chi connectivity index (χ0n) is 17.5. The molecule has 0 saturated heterocycles. The number of fused-ring (bicyclic) bond motifs is 1. The lowest BCUT2D eigenvalue weighted by atomic mass is 9.98. The minimum atomic E-state index is -3.68. The van der Waals surface area contributed by atoms with Gasteiger partial charge in [0, 0.05) is 29.6 Å². The lowest BCUT2D eigenvalue weighted by Crippen LogP contribution is -2.25. The maximum absolute atomic E-state index is 13.4. The first-order valence-electron chi connectivity index (χ1n) is 9.64. The van der Waals surface area contributed by atoms with Crippen LogP contribution >= 0.6 is 0 Å². The van der Waals surface area contributed by atoms with Crippen molar-refractivity contribution in [1.82, 2.24) is 0 Å². The molecule has 0 bridgehead atoms. The molecule has 0 spiro atoms. The number of nitrogens with zero attached hydrogens (tertiary/aromatic N) is 2. The monoisotopic (exact) mass is 464 g/mol. The van der Waals surface area contributed by atoms with Gasteiger partial charge in [0.25, 0.3) is 0 Å². The van der Waals surface area contributed by atoms with E-state index in [9.17, 15) is 28.0 Å². The molecule has 33 heavy (non-hydrogen) atoms. The molecule has 4 aromatic rings. The minimum absolute atomic E-state index is 0.0217. The third kappa shape index (κ3) is 4.04. The molecular weight excluding hydrogens is 447 g/mol. The average Bonchev–Trinajstić information content (AvgIpc) is 3.16. The Morgan fingerprint density at radius 3 is 2.39 bits per heavy atom. The van der Waals surface area contributed by atoms with Gasteiger partial charge in [0.15, 0.2) is 0 Å². The number of aromatic carboxylic acids is 1. The molecule has 9 heteroatoms. The summed E-state index contributed by atoms with van der Waals surface area (Å²) in [6.45, 7) is 0. The second-order valence-electron chi connectivity index (χ2n) is 7.41. The van der Waals surface area contributed by atoms with Crippen LogP contribution in [0.3, 0.4) is 0 Å². The Kier molecular flexibility index (Phi) is 5.39. The van der Waals surface area contributed by atoms with Crippen molar-refractivity contribution in [3.63, 3.8) is 0 Å². The first-order chi connectivity index (χ1) is 15.6. The van der Waals surface area contributed by atoms with Crippen LogP contribution in [0.25, 0.3) is 33.4 Å². The number of rotatable bonds is 5. The number of anilines is 1. The summed E-state index contributed by atoms with van der Waals surface area (Å²) in [6, 6.07) is 16.7. The lowest BCUT2D eigenvalue weighted by Gasteiger charge is -2.20. The summed E-state index contributed by atoms with van der Waals surface area (Å²) < 4.78 is 44.9. The molecule has 4 rings (SSSR count). The topological polar surface area (TPSA) is 112 Å². The van der Waals surface area contributed by atoms with Gasteiger partial charge in [0.1, 0.15) is 22.7 Å². The zero-order chi connectivity index (χ0) is 23.9. The van der Waals surface area contributed by atoms with Crippen LogP contribution in [0.15, 0.2) is 65.1 Å². The van der Waals surface area contributed by atoms with E-state index in [4.69, 9.17) is 4.42 Å². The van der Waals surface area contributed by atoms with Crippen molar-refractivity contribution in [1.29, 1.82) is 5.26 Å². The summed E-state index contributed by atoms with van der Waals surface area (Å²) in [7, 11) is -2.31. The van der Waals surface area contributed by atoms with E-state index in [1.54, 1.807) is 24.3 Å². The highest BCUT2D eigenvalue weighted by Crippen LogP contribution is 2.41. The van der Waals surface area contributed by atoms with Crippen LogP contribution in [0.1, 0.15) is 15.9 Å². The van der Waals surface area contributed by atoms with Crippen molar-refractivity contribution in [2.75, 3.05) is 17.6 Å². The number of sulfonamides is 1. The van der Waals surface area contributed by atoms with Crippen LogP contribution in [0, 0.1) is 17.1 Å². The molecule has 0 saturated carbocycles. The molecule has 1 heterocycles. The fourth-order valence-corrected chi connectivity index (χ4v) is 4.08. The molecule has 0 amide bonds. The SMILES string of the molecule is CN(c1cc2oc(-c3ccc(F)cc3)c(C(=O)O)c2cc1-c1cccc(C#N)c1)S(C)(=O)=O. The molecular formula is C24H17FN2O5S. The van der Waals surface area contributed by atoms with Crippen molar-refractivity contribution in [2.24, 2.45) is 0 Å². The van der Waals surface area contributed by atoms with Gasteiger partial charge in [-0.25, -0.2) is 17.6 Å². The Morgan fingerprint density at radius 2 is 1.79 bits per heavy atom. The fraction of sp³-hybridized carbons (Fsp3) is 0.0833. The molecule has 0 radical (unpaired) electrons. The molecule has 0 unspecified atom stereocenters. The third-order valence-corrected chi connectivity index (χ3v) is 6.46. The second kappa shape index (κ2) is 8.07. The normalized spacial score (nSPS) is 11.3. The standard InChI is InChI=1S/C24H17FN2O5S/c1-27(33(2,30)31)20-12-21-19(11-18(20)16-5-3-4-14(10-16)13-26)22(24(28)29)23(32-21)15-6-8-17(25)9-7-15/h3-12H,1-2H3,(H,28,29). The number of nitriles is 1. The molecule has 166 valence electrons. The quantitative estimate of drug-likeness (QED) is 0.451. The van der Waals surface area contributed by atoms with Crippen molar-refractivity contribution in [2.45, 2.75) is 0 Å². The fourth-order valence-electron chi connectivity index (χ4n) is 3.58. The second-order valence-corrected chi connectivity index (χ2v) is 9.42. The van der Waals surface area contributed by atoms with E-state index in [0.717, 1.165) is 10.6 Å². The van der Waals surface area contributed by atoms with Crippen molar-refractivity contribution >= 4 is 32.6 Å². The minimum Gasteiger partial charge on any atom is -0.478 e. The summed E-state index contributed by atoms with van der Waals surface area (Å²) in [6.07, 6.45) is 1.04. The van der Waals surface area contributed by atoms with Crippen molar-refractivity contribution in [3.8, 4) is 28.5 Å². The highest BCUT2D eigenvalue weighted by Gasteiger charge is 2.26. The van der Waals surface area contributed by atoms with Gasteiger partial charge in [-0.3, -0.25) is 4.31 Å². The molecule has 1 N–H and O–H groups in total. The Morgan fingerprint density at radius 1 is 1.09 bits per heavy atom. The van der Waals surface area contributed by atoms with Crippen molar-refractivity contribution in [3.05, 3.63) is 77.6 Å². The van der Waals surface area contributed by atoms with E-state index in [2.05, 4.69) is 0 Å². The Hall–Kier alpha value is -4.16. The highest BCUT2D eigenvalue weighted by molar-refractivity contribution is 7.92. The van der Waals surface area contributed by atoms with Crippen LogP contribution in [0.2, 0.25) is 0 Å². The van der Waals surface area contributed by atoms with Crippen molar-refractivity contribution < 1.29 is 27.1 Å². The number of halogens is 1. The predicted molar refractivity (Wildman–Crippen MR) is 122 cm³/mol. The molecule has 0 fully saturated rings. The number of carboxylic acid groups (broad SMARTS) is 1. The van der Waals surface area contributed by atoms with Gasteiger partial charge in [-0.15, -0.1) is 0 Å². The van der Waals surface area contributed by atoms with Crippen LogP contribution in [-0.4, -0.2) is 32.8 Å². The molecule has 0 aliphatic heterocycles.